The summed E-state index contributed by atoms with van der Waals surface area (Å²) in [5, 5.41) is 10.4. The smallest absolute Gasteiger partial charge is 0.0981 e. The molecule has 2 aromatic rings. The van der Waals surface area contributed by atoms with Crippen LogP contribution in [0.15, 0.2) is 83.4 Å². The summed E-state index contributed by atoms with van der Waals surface area (Å²) in [4.78, 5) is 0. The van der Waals surface area contributed by atoms with Crippen LogP contribution in [0.2, 0.25) is 0 Å². The summed E-state index contributed by atoms with van der Waals surface area (Å²) >= 11 is 3.46. The van der Waals surface area contributed by atoms with E-state index in [2.05, 4.69) is 40.7 Å². The number of halogens is 1. The topological polar surface area (TPSA) is 29.5 Å². The van der Waals surface area contributed by atoms with E-state index >= 15 is 0 Å². The van der Waals surface area contributed by atoms with Crippen molar-refractivity contribution in [3.63, 3.8) is 0 Å². The summed E-state index contributed by atoms with van der Waals surface area (Å²) in [5.74, 6) is 0.203. The largest absolute Gasteiger partial charge is 0.386 e. The lowest BCUT2D eigenvalue weighted by atomic mass is 9.92. The number of allylic oxidation sites excluding steroid dienone is 2. The van der Waals surface area contributed by atoms with E-state index < -0.39 is 6.10 Å². The maximum absolute atomic E-state index is 10.4. The molecule has 2 unspecified atom stereocenters. The fourth-order valence-corrected chi connectivity index (χ4v) is 2.88. The summed E-state index contributed by atoms with van der Waals surface area (Å²) in [5.41, 5.74) is 3.23. The predicted octanol–water partition coefficient (Wildman–Crippen LogP) is 5.63. The van der Waals surface area contributed by atoms with E-state index in [0.29, 0.717) is 13.2 Å². The molecule has 0 fully saturated rings. The molecule has 0 radical (unpaired) electrons. The van der Waals surface area contributed by atoms with Gasteiger partial charge in [0.1, 0.15) is 0 Å². The van der Waals surface area contributed by atoms with Crippen molar-refractivity contribution >= 4 is 15.9 Å². The van der Waals surface area contributed by atoms with Gasteiger partial charge in [-0.1, -0.05) is 70.5 Å². The predicted molar refractivity (Wildman–Crippen MR) is 108 cm³/mol. The van der Waals surface area contributed by atoms with E-state index in [1.165, 1.54) is 5.56 Å². The highest BCUT2D eigenvalue weighted by molar-refractivity contribution is 9.10. The van der Waals surface area contributed by atoms with Gasteiger partial charge < -0.3 is 9.84 Å². The van der Waals surface area contributed by atoms with Crippen molar-refractivity contribution in [1.29, 1.82) is 0 Å². The molecule has 2 rings (SSSR count). The zero-order chi connectivity index (χ0) is 18.1. The Bertz CT molecular complexity index is 677. The molecule has 132 valence electrons. The normalized spacial score (nSPS) is 14.1. The van der Waals surface area contributed by atoms with Crippen LogP contribution in [-0.2, 0) is 11.3 Å². The molecule has 0 aromatic heterocycles. The Balaban J connectivity index is 1.95. The SMILES string of the molecule is C=CCC(/C=C(\C)C(O)COCc1ccccc1)c1ccc(Br)cc1. The Morgan fingerprint density at radius 3 is 2.48 bits per heavy atom. The van der Waals surface area contributed by atoms with Crippen molar-refractivity contribution < 1.29 is 9.84 Å². The number of aliphatic hydroxyl groups excluding tert-OH is 1. The van der Waals surface area contributed by atoms with Crippen molar-refractivity contribution in [3.05, 3.63) is 94.5 Å². The van der Waals surface area contributed by atoms with Gasteiger partial charge in [0.25, 0.3) is 0 Å². The third-order valence-electron chi connectivity index (χ3n) is 4.10. The van der Waals surface area contributed by atoms with Crippen LogP contribution in [0.3, 0.4) is 0 Å². The van der Waals surface area contributed by atoms with Crippen molar-refractivity contribution in [2.75, 3.05) is 6.61 Å². The molecule has 2 nitrogen and oxygen atoms in total. The summed E-state index contributed by atoms with van der Waals surface area (Å²) in [6.45, 7) is 6.60. The van der Waals surface area contributed by atoms with Gasteiger partial charge in [-0.05, 0) is 42.2 Å². The minimum absolute atomic E-state index is 0.203. The molecular formula is C22H25BrO2. The van der Waals surface area contributed by atoms with E-state index in [0.717, 1.165) is 22.0 Å². The van der Waals surface area contributed by atoms with Crippen LogP contribution in [0, 0.1) is 0 Å². The summed E-state index contributed by atoms with van der Waals surface area (Å²) in [6.07, 6.45) is 4.25. The first-order valence-electron chi connectivity index (χ1n) is 8.44. The Hall–Kier alpha value is -1.68. The molecule has 2 atom stereocenters. The number of ether oxygens (including phenoxy) is 1. The average molecular weight is 401 g/mol. The second-order valence-corrected chi connectivity index (χ2v) is 7.03. The van der Waals surface area contributed by atoms with E-state index in [9.17, 15) is 5.11 Å². The highest BCUT2D eigenvalue weighted by Gasteiger charge is 2.12. The Morgan fingerprint density at radius 1 is 1.16 bits per heavy atom. The maximum atomic E-state index is 10.4. The summed E-state index contributed by atoms with van der Waals surface area (Å²) in [6, 6.07) is 18.2. The molecular weight excluding hydrogens is 376 g/mol. The van der Waals surface area contributed by atoms with Crippen LogP contribution in [-0.4, -0.2) is 17.8 Å². The van der Waals surface area contributed by atoms with Gasteiger partial charge in [-0.3, -0.25) is 0 Å². The standard InChI is InChI=1S/C22H25BrO2/c1-3-7-20(19-10-12-21(23)13-11-19)14-17(2)22(24)16-25-15-18-8-5-4-6-9-18/h3-6,8-14,20,22,24H,1,7,15-16H2,2H3/b17-14+. The average Bonchev–Trinajstić information content (AvgIpc) is 2.62. The zero-order valence-corrected chi connectivity index (χ0v) is 16.2. The van der Waals surface area contributed by atoms with Crippen LogP contribution in [0.5, 0.6) is 0 Å². The molecule has 0 heterocycles. The summed E-state index contributed by atoms with van der Waals surface area (Å²) in [7, 11) is 0. The third-order valence-corrected chi connectivity index (χ3v) is 4.62. The molecule has 3 heteroatoms. The van der Waals surface area contributed by atoms with E-state index in [4.69, 9.17) is 4.74 Å². The minimum Gasteiger partial charge on any atom is -0.386 e. The molecule has 1 N–H and O–H groups in total. The molecule has 0 aliphatic rings. The molecule has 0 amide bonds. The molecule has 25 heavy (non-hydrogen) atoms. The Labute approximate surface area is 159 Å². The second-order valence-electron chi connectivity index (χ2n) is 6.11. The van der Waals surface area contributed by atoms with E-state index in [1.54, 1.807) is 0 Å². The molecule has 0 bridgehead atoms. The molecule has 2 aromatic carbocycles. The van der Waals surface area contributed by atoms with Crippen molar-refractivity contribution in [2.45, 2.75) is 32.0 Å². The zero-order valence-electron chi connectivity index (χ0n) is 14.6. The number of hydrogen-bond acceptors (Lipinski definition) is 2. The van der Waals surface area contributed by atoms with E-state index in [1.807, 2.05) is 55.5 Å². The highest BCUT2D eigenvalue weighted by atomic mass is 79.9. The fraction of sp³-hybridized carbons (Fsp3) is 0.273. The van der Waals surface area contributed by atoms with Crippen LogP contribution >= 0.6 is 15.9 Å². The Kier molecular flexibility index (Phi) is 8.13. The molecule has 0 aliphatic heterocycles. The number of benzene rings is 2. The third kappa shape index (κ3) is 6.62. The number of rotatable bonds is 9. The van der Waals surface area contributed by atoms with Gasteiger partial charge in [0, 0.05) is 10.4 Å². The van der Waals surface area contributed by atoms with Gasteiger partial charge in [0.15, 0.2) is 0 Å². The van der Waals surface area contributed by atoms with Crippen molar-refractivity contribution in [2.24, 2.45) is 0 Å². The molecule has 0 saturated carbocycles. The lowest BCUT2D eigenvalue weighted by Gasteiger charge is -2.17. The number of aliphatic hydroxyl groups is 1. The summed E-state index contributed by atoms with van der Waals surface area (Å²) < 4.78 is 6.71. The van der Waals surface area contributed by atoms with Crippen molar-refractivity contribution in [1.82, 2.24) is 0 Å². The first kappa shape index (κ1) is 19.6. The van der Waals surface area contributed by atoms with E-state index in [-0.39, 0.29) is 5.92 Å². The van der Waals surface area contributed by atoms with Crippen molar-refractivity contribution in [3.8, 4) is 0 Å². The lowest BCUT2D eigenvalue weighted by molar-refractivity contribution is 0.0451. The van der Waals surface area contributed by atoms with Gasteiger partial charge in [0.2, 0.25) is 0 Å². The highest BCUT2D eigenvalue weighted by Crippen LogP contribution is 2.25. The fourth-order valence-electron chi connectivity index (χ4n) is 2.61. The van der Waals surface area contributed by atoms with Gasteiger partial charge in [-0.2, -0.15) is 0 Å². The monoisotopic (exact) mass is 400 g/mol. The van der Waals surface area contributed by atoms with Crippen LogP contribution in [0.4, 0.5) is 0 Å². The van der Waals surface area contributed by atoms with Crippen LogP contribution in [0.25, 0.3) is 0 Å². The molecule has 0 saturated heterocycles. The first-order chi connectivity index (χ1) is 12.1. The van der Waals surface area contributed by atoms with Gasteiger partial charge in [-0.15, -0.1) is 6.58 Å². The molecule has 0 spiro atoms. The van der Waals surface area contributed by atoms with Gasteiger partial charge in [0.05, 0.1) is 19.3 Å². The van der Waals surface area contributed by atoms with Crippen LogP contribution in [0.1, 0.15) is 30.4 Å². The quantitative estimate of drug-likeness (QED) is 0.552. The molecule has 0 aliphatic carbocycles. The Morgan fingerprint density at radius 2 is 1.84 bits per heavy atom. The second kappa shape index (κ2) is 10.3. The lowest BCUT2D eigenvalue weighted by Crippen LogP contribution is -2.17. The van der Waals surface area contributed by atoms with Gasteiger partial charge in [-0.25, -0.2) is 0 Å². The first-order valence-corrected chi connectivity index (χ1v) is 9.24. The minimum atomic E-state index is -0.605. The van der Waals surface area contributed by atoms with Crippen LogP contribution < -0.4 is 0 Å². The number of hydrogen-bond donors (Lipinski definition) is 1. The van der Waals surface area contributed by atoms with Gasteiger partial charge >= 0.3 is 0 Å². The maximum Gasteiger partial charge on any atom is 0.0981 e.